The fraction of sp³-hybridized carbons (Fsp3) is 0.569. The minimum absolute atomic E-state index is 0.0280. The normalized spacial score (nSPS) is 15.8. The summed E-state index contributed by atoms with van der Waals surface area (Å²) in [4.78, 5) is 209. The lowest BCUT2D eigenvalue weighted by molar-refractivity contribution is -0.142. The van der Waals surface area contributed by atoms with E-state index >= 15 is 0 Å². The van der Waals surface area contributed by atoms with Crippen LogP contribution in [0.15, 0.2) is 36.8 Å². The predicted molar refractivity (Wildman–Crippen MR) is 372 cm³/mol. The van der Waals surface area contributed by atoms with Crippen molar-refractivity contribution in [1.29, 1.82) is 5.41 Å². The van der Waals surface area contributed by atoms with Gasteiger partial charge in [0.1, 0.15) is 78.3 Å². The van der Waals surface area contributed by atoms with Crippen LogP contribution in [0.4, 0.5) is 0 Å². The number of imidazole rings is 1. The molecule has 42 heteroatoms. The van der Waals surface area contributed by atoms with Gasteiger partial charge in [-0.1, -0.05) is 12.1 Å². The highest BCUT2D eigenvalue weighted by Crippen LogP contribution is 2.21. The number of aromatic hydroxyl groups is 1. The lowest BCUT2D eigenvalue weighted by Gasteiger charge is -2.30. The topological polar surface area (TPSA) is 613 Å². The summed E-state index contributed by atoms with van der Waals surface area (Å²) in [5.74, 6) is -15.4. The van der Waals surface area contributed by atoms with E-state index in [1.54, 1.807) is 0 Å². The van der Waals surface area contributed by atoms with Gasteiger partial charge in [-0.15, -0.1) is 0 Å². The van der Waals surface area contributed by atoms with Gasteiger partial charge in [0.05, 0.1) is 31.6 Å². The number of hydrogen-bond acceptors (Lipinski definition) is 24. The number of aromatic nitrogens is 2. The number of H-pyrrole nitrogens is 1. The van der Waals surface area contributed by atoms with E-state index in [1.807, 2.05) is 0 Å². The average molecular weight is 1480 g/mol. The van der Waals surface area contributed by atoms with Crippen molar-refractivity contribution in [3.63, 3.8) is 0 Å². The summed E-state index contributed by atoms with van der Waals surface area (Å²) in [5.41, 5.74) is 22.4. The van der Waals surface area contributed by atoms with E-state index in [4.69, 9.17) is 28.3 Å². The number of carbonyl (C=O) groups excluding carboxylic acids is 15. The van der Waals surface area contributed by atoms with Crippen molar-refractivity contribution in [3.8, 4) is 5.75 Å². The number of nitrogens with zero attached hydrogens (tertiary/aromatic N) is 2. The molecule has 0 spiro atoms. The number of carbonyl (C=O) groups is 15. The van der Waals surface area contributed by atoms with Crippen LogP contribution < -0.4 is 92.1 Å². The highest BCUT2D eigenvalue weighted by molar-refractivity contribution is 7.80. The van der Waals surface area contributed by atoms with Crippen molar-refractivity contribution < 1.29 is 82.1 Å². The van der Waals surface area contributed by atoms with Crippen LogP contribution in [0.1, 0.15) is 76.5 Å². The van der Waals surface area contributed by atoms with E-state index < -0.39 is 181 Å². The number of primary amides is 2. The smallest absolute Gasteiger partial charge is 0.246 e. The molecule has 38 nitrogen and oxygen atoms in total. The Morgan fingerprint density at radius 2 is 1.10 bits per heavy atom. The minimum Gasteiger partial charge on any atom is -0.508 e. The fourth-order valence-electron chi connectivity index (χ4n) is 9.70. The van der Waals surface area contributed by atoms with E-state index in [2.05, 4.69) is 130 Å². The summed E-state index contributed by atoms with van der Waals surface area (Å²) in [7, 11) is 0. The first-order chi connectivity index (χ1) is 47.4. The summed E-state index contributed by atoms with van der Waals surface area (Å²) in [6, 6.07) is -11.8. The Morgan fingerprint density at radius 1 is 0.600 bits per heavy atom. The fourth-order valence-corrected chi connectivity index (χ4v) is 10.7. The number of nitrogens with one attached hydrogen (secondary N) is 15. The molecule has 2 heterocycles. The number of guanidine groups is 1. The van der Waals surface area contributed by atoms with Gasteiger partial charge < -0.3 is 112 Å². The molecule has 100 heavy (non-hydrogen) atoms. The number of amides is 15. The van der Waals surface area contributed by atoms with E-state index in [0.29, 0.717) is 30.5 Å². The molecule has 0 bridgehead atoms. The molecule has 1 saturated heterocycles. The standard InChI is InChI=1S/C58H91N21O17S4/c1-28(68-56(95)43-9-6-16-79(43)57(96)37(18-31-20-64-27-67-31)73-54(93)41(25-99)78-55(94)42(26-100)77-49(88)33(69-29(2)81)8-5-15-65-58(62)63)47(86)76-40(24-98)48(87)66-21-45(84)70-34(7-3-4-14-59)50(89)72-36(19-44(60)83)52(91)71-35(17-30-10-12-32(82)13-11-30)51(90)74-38(22-80)53(92)75-39(23-97)46(61)85/h10-13,20,27-28,33-43,80,82,97-100H,3-9,14-19,21-26,59H2,1-2H3,(H2,60,83)(H2,61,85)(H,64,67)(H,66,87)(H,68,95)(H,69,81)(H,70,84)(H,71,91)(H,72,89)(H,73,93)(H,74,90)(H,75,92)(H,76,86)(H,77,88)(H,78,94)(H4,62,63,65)/t28-,33-,34-,35-,36-,37-,38-,39-,40-,41-,42-,43-/m0/s1. The van der Waals surface area contributed by atoms with Crippen molar-refractivity contribution >= 4 is 145 Å². The number of phenolic OH excluding ortho intramolecular Hbond substituents is 1. The second-order valence-corrected chi connectivity index (χ2v) is 24.3. The highest BCUT2D eigenvalue weighted by Gasteiger charge is 2.41. The summed E-state index contributed by atoms with van der Waals surface area (Å²) < 4.78 is 0. The average Bonchev–Trinajstić information content (AvgIpc) is 1.61. The number of aliphatic hydroxyl groups excluding tert-OH is 1. The van der Waals surface area contributed by atoms with Gasteiger partial charge in [-0.25, -0.2) is 4.98 Å². The molecule has 15 amide bonds. The maximum Gasteiger partial charge on any atom is 0.246 e. The quantitative estimate of drug-likeness (QED) is 0.0127. The zero-order valence-corrected chi connectivity index (χ0v) is 58.4. The predicted octanol–water partition coefficient (Wildman–Crippen LogP) is -9.16. The van der Waals surface area contributed by atoms with Crippen LogP contribution in [-0.4, -0.2) is 248 Å². The maximum absolute atomic E-state index is 14.5. The third-order valence-corrected chi connectivity index (χ3v) is 16.5. The number of thiol groups is 4. The monoisotopic (exact) mass is 1480 g/mol. The molecule has 0 aliphatic carbocycles. The zero-order valence-electron chi connectivity index (χ0n) is 54.8. The van der Waals surface area contributed by atoms with Crippen molar-refractivity contribution in [2.24, 2.45) is 22.9 Å². The summed E-state index contributed by atoms with van der Waals surface area (Å²) in [6.45, 7) is 1.07. The van der Waals surface area contributed by atoms with Crippen LogP contribution in [0.5, 0.6) is 5.75 Å². The number of nitrogens with two attached hydrogens (primary N) is 4. The zero-order chi connectivity index (χ0) is 74.8. The summed E-state index contributed by atoms with van der Waals surface area (Å²) >= 11 is 16.6. The van der Waals surface area contributed by atoms with Crippen molar-refractivity contribution in [3.05, 3.63) is 48.0 Å². The Morgan fingerprint density at radius 3 is 1.64 bits per heavy atom. The largest absolute Gasteiger partial charge is 0.508 e. The molecule has 1 aliphatic heterocycles. The van der Waals surface area contributed by atoms with E-state index in [9.17, 15) is 82.1 Å². The van der Waals surface area contributed by atoms with Gasteiger partial charge in [0.15, 0.2) is 5.96 Å². The molecule has 0 radical (unpaired) electrons. The van der Waals surface area contributed by atoms with Gasteiger partial charge in [-0.05, 0) is 76.1 Å². The van der Waals surface area contributed by atoms with Crippen LogP contribution in [0.2, 0.25) is 0 Å². The van der Waals surface area contributed by atoms with Gasteiger partial charge in [0.2, 0.25) is 88.6 Å². The summed E-state index contributed by atoms with van der Waals surface area (Å²) in [5, 5.41) is 58.9. The SMILES string of the molecule is CC(=O)N[C@@H](CCCNC(=N)N)C(=O)N[C@@H](CS)C(=O)N[C@@H](CS)C(=O)N[C@@H](Cc1c[nH]cn1)C(=O)N1CCC[C@H]1C(=O)N[C@@H](C)C(=O)N[C@@H](CS)C(=O)NCC(=O)N[C@@H](CCCCN)C(=O)N[C@@H](CC(N)=O)C(=O)N[C@@H](Cc1ccc(O)cc1)C(=O)N[C@@H](CO)C(=O)N[C@@H](CS)C(N)=O. The van der Waals surface area contributed by atoms with Gasteiger partial charge in [-0.2, -0.15) is 50.5 Å². The molecule has 2 aromatic rings. The van der Waals surface area contributed by atoms with Crippen LogP contribution in [0, 0.1) is 5.41 Å². The van der Waals surface area contributed by atoms with Crippen molar-refractivity contribution in [2.75, 3.05) is 55.8 Å². The van der Waals surface area contributed by atoms with E-state index in [1.165, 1.54) is 55.5 Å². The molecular formula is C58H91N21O17S4. The van der Waals surface area contributed by atoms with Crippen molar-refractivity contribution in [1.82, 2.24) is 84.0 Å². The molecule has 25 N–H and O–H groups in total. The first-order valence-corrected chi connectivity index (χ1v) is 34.0. The minimum atomic E-state index is -1.82. The van der Waals surface area contributed by atoms with Crippen molar-refractivity contribution in [2.45, 2.75) is 151 Å². The van der Waals surface area contributed by atoms with Gasteiger partial charge in [0, 0.05) is 62.1 Å². The second-order valence-electron chi connectivity index (χ2n) is 22.9. The molecule has 0 saturated carbocycles. The van der Waals surface area contributed by atoms with Gasteiger partial charge in [0.25, 0.3) is 0 Å². The molecule has 554 valence electrons. The Kier molecular flexibility index (Phi) is 37.5. The number of rotatable bonds is 44. The number of benzene rings is 1. The maximum atomic E-state index is 14.5. The number of hydrogen-bond donors (Lipinski definition) is 25. The van der Waals surface area contributed by atoms with Gasteiger partial charge >= 0.3 is 0 Å². The lowest BCUT2D eigenvalue weighted by atomic mass is 10.0. The number of aromatic amines is 1. The van der Waals surface area contributed by atoms with E-state index in [0.717, 1.165) is 0 Å². The molecule has 1 fully saturated rings. The third-order valence-electron chi connectivity index (χ3n) is 15.0. The molecule has 0 unspecified atom stereocenters. The number of aliphatic hydroxyl groups is 1. The number of likely N-dealkylation sites (tertiary alicyclic amines) is 1. The van der Waals surface area contributed by atoms with Crippen LogP contribution in [0.3, 0.4) is 0 Å². The molecule has 1 aromatic heterocycles. The summed E-state index contributed by atoms with van der Waals surface area (Å²) in [6.07, 6.45) is 2.67. The van der Waals surface area contributed by atoms with Crippen LogP contribution >= 0.6 is 50.5 Å². The molecule has 1 aliphatic rings. The molecule has 1 aromatic carbocycles. The highest BCUT2D eigenvalue weighted by atomic mass is 32.1. The third kappa shape index (κ3) is 29.4. The lowest BCUT2D eigenvalue weighted by Crippen LogP contribution is -2.61. The Balaban J connectivity index is 1.70. The first-order valence-electron chi connectivity index (χ1n) is 31.4. The first kappa shape index (κ1) is 85.1. The molecule has 3 rings (SSSR count). The Bertz CT molecular complexity index is 3180. The number of unbranched alkanes of at least 4 members (excludes halogenated alkanes) is 1. The molecular weight excluding hydrogens is 1390 g/mol. The van der Waals surface area contributed by atoms with Gasteiger partial charge in [-0.3, -0.25) is 77.3 Å². The molecule has 12 atom stereocenters. The van der Waals surface area contributed by atoms with Crippen LogP contribution in [0.25, 0.3) is 0 Å². The van der Waals surface area contributed by atoms with E-state index in [-0.39, 0.29) is 92.9 Å². The second kappa shape index (κ2) is 44.1. The Hall–Kier alpha value is -9.13. The van der Waals surface area contributed by atoms with Crippen LogP contribution in [-0.2, 0) is 84.8 Å². The number of phenols is 1. The Labute approximate surface area is 596 Å².